The molecule has 2 N–H and O–H groups in total. The molecule has 1 aromatic rings. The number of sulfonamides is 1. The minimum absolute atomic E-state index is 0.164. The van der Waals surface area contributed by atoms with Crippen LogP contribution in [0.25, 0.3) is 0 Å². The third-order valence-corrected chi connectivity index (χ3v) is 5.25. The van der Waals surface area contributed by atoms with Gasteiger partial charge in [-0.3, -0.25) is 0 Å². The Hall–Kier alpha value is -0.860. The summed E-state index contributed by atoms with van der Waals surface area (Å²) in [6, 6.07) is 4.47. The Morgan fingerprint density at radius 2 is 2.09 bits per heavy atom. The third-order valence-electron chi connectivity index (χ3n) is 3.48. The molecule has 1 aromatic carbocycles. The van der Waals surface area contributed by atoms with Gasteiger partial charge in [-0.2, -0.15) is 0 Å². The van der Waals surface area contributed by atoms with E-state index in [1.165, 1.54) is 23.1 Å². The molecule has 6 nitrogen and oxygen atoms in total. The Bertz CT molecular complexity index is 589. The van der Waals surface area contributed by atoms with E-state index in [4.69, 9.17) is 21.1 Å². The van der Waals surface area contributed by atoms with Crippen LogP contribution in [0.4, 0.5) is 0 Å². The molecule has 8 heteroatoms. The fourth-order valence-electron chi connectivity index (χ4n) is 2.27. The zero-order valence-corrected chi connectivity index (χ0v) is 14.2. The van der Waals surface area contributed by atoms with E-state index in [-0.39, 0.29) is 4.90 Å². The van der Waals surface area contributed by atoms with Crippen molar-refractivity contribution in [3.63, 3.8) is 0 Å². The van der Waals surface area contributed by atoms with Crippen LogP contribution in [-0.2, 0) is 14.8 Å². The van der Waals surface area contributed by atoms with Crippen LogP contribution in [0.3, 0.4) is 0 Å². The Morgan fingerprint density at radius 3 is 2.77 bits per heavy atom. The van der Waals surface area contributed by atoms with Gasteiger partial charge in [0.15, 0.2) is 0 Å². The Balaban J connectivity index is 1.95. The molecule has 1 saturated heterocycles. The van der Waals surface area contributed by atoms with Gasteiger partial charge in [0, 0.05) is 6.07 Å². The lowest BCUT2D eigenvalue weighted by Gasteiger charge is -2.23. The summed E-state index contributed by atoms with van der Waals surface area (Å²) in [5, 5.41) is 0.401. The first kappa shape index (κ1) is 17.5. The number of hydrogen-bond acceptors (Lipinski definition) is 4. The maximum absolute atomic E-state index is 12.3. The monoisotopic (exact) mass is 349 g/mol. The summed E-state index contributed by atoms with van der Waals surface area (Å²) in [6.45, 7) is 6.68. The van der Waals surface area contributed by atoms with E-state index < -0.39 is 10.0 Å². The van der Waals surface area contributed by atoms with Gasteiger partial charge in [0.1, 0.15) is 18.8 Å². The molecule has 0 unspecified atom stereocenters. The van der Waals surface area contributed by atoms with Gasteiger partial charge in [0.25, 0.3) is 0 Å². The number of quaternary nitrogens is 1. The van der Waals surface area contributed by atoms with Gasteiger partial charge in [0.05, 0.1) is 42.8 Å². The van der Waals surface area contributed by atoms with Gasteiger partial charge in [0.2, 0.25) is 10.0 Å². The molecule has 124 valence electrons. The largest absolute Gasteiger partial charge is 0.492 e. The summed E-state index contributed by atoms with van der Waals surface area (Å²) < 4.78 is 37.8. The smallest absolute Gasteiger partial charge is 0.240 e. The summed E-state index contributed by atoms with van der Waals surface area (Å²) in [7, 11) is -3.55. The van der Waals surface area contributed by atoms with Gasteiger partial charge in [-0.05, 0) is 19.1 Å². The zero-order valence-electron chi connectivity index (χ0n) is 12.6. The lowest BCUT2D eigenvalue weighted by molar-refractivity contribution is -0.906. The molecule has 0 spiro atoms. The first-order valence-corrected chi connectivity index (χ1v) is 9.22. The van der Waals surface area contributed by atoms with E-state index in [0.717, 1.165) is 32.8 Å². The average Bonchev–Trinajstić information content (AvgIpc) is 2.50. The minimum atomic E-state index is -3.55. The highest BCUT2D eigenvalue weighted by molar-refractivity contribution is 7.89. The van der Waals surface area contributed by atoms with Gasteiger partial charge >= 0.3 is 0 Å². The molecule has 22 heavy (non-hydrogen) atoms. The van der Waals surface area contributed by atoms with Crippen LogP contribution in [0.15, 0.2) is 23.1 Å². The van der Waals surface area contributed by atoms with E-state index in [0.29, 0.717) is 23.9 Å². The van der Waals surface area contributed by atoms with Gasteiger partial charge in [-0.25, -0.2) is 13.1 Å². The lowest BCUT2D eigenvalue weighted by Crippen LogP contribution is -3.14. The molecule has 2 rings (SSSR count). The van der Waals surface area contributed by atoms with Gasteiger partial charge in [-0.15, -0.1) is 0 Å². The van der Waals surface area contributed by atoms with Crippen molar-refractivity contribution < 1.29 is 22.8 Å². The third kappa shape index (κ3) is 4.82. The number of benzene rings is 1. The molecular formula is C14H22ClN2O4S+. The van der Waals surface area contributed by atoms with E-state index >= 15 is 0 Å². The predicted molar refractivity (Wildman–Crippen MR) is 84.2 cm³/mol. The lowest BCUT2D eigenvalue weighted by atomic mass is 10.3. The SMILES string of the molecule is CCOc1cc(S(=O)(=O)NCC[NH+]2CCOCC2)ccc1Cl. The van der Waals surface area contributed by atoms with Crippen molar-refractivity contribution in [1.29, 1.82) is 0 Å². The first-order chi connectivity index (χ1) is 10.5. The number of morpholine rings is 1. The van der Waals surface area contributed by atoms with Crippen LogP contribution in [0.5, 0.6) is 5.75 Å². The maximum atomic E-state index is 12.3. The molecule has 0 radical (unpaired) electrons. The van der Waals surface area contributed by atoms with Gasteiger partial charge in [-0.1, -0.05) is 11.6 Å². The van der Waals surface area contributed by atoms with Crippen molar-refractivity contribution in [3.8, 4) is 5.75 Å². The highest BCUT2D eigenvalue weighted by Gasteiger charge is 2.18. The average molecular weight is 350 g/mol. The molecule has 0 bridgehead atoms. The topological polar surface area (TPSA) is 69.1 Å². The van der Waals surface area contributed by atoms with Crippen LogP contribution in [0.1, 0.15) is 6.92 Å². The molecule has 0 aliphatic carbocycles. The van der Waals surface area contributed by atoms with Crippen molar-refractivity contribution in [2.45, 2.75) is 11.8 Å². The van der Waals surface area contributed by atoms with Crippen LogP contribution < -0.4 is 14.4 Å². The molecule has 1 aliphatic heterocycles. The number of nitrogens with one attached hydrogen (secondary N) is 2. The summed E-state index contributed by atoms with van der Waals surface area (Å²) in [5.74, 6) is 0.380. The highest BCUT2D eigenvalue weighted by Crippen LogP contribution is 2.27. The standard InChI is InChI=1S/C14H21ClN2O4S/c1-2-21-14-11-12(3-4-13(14)15)22(18,19)16-5-6-17-7-9-20-10-8-17/h3-4,11,16H,2,5-10H2,1H3/p+1. The van der Waals surface area contributed by atoms with Crippen LogP contribution in [0, 0.1) is 0 Å². The maximum Gasteiger partial charge on any atom is 0.240 e. The van der Waals surface area contributed by atoms with E-state index in [1.807, 2.05) is 6.92 Å². The number of halogens is 1. The number of hydrogen-bond donors (Lipinski definition) is 2. The Morgan fingerprint density at radius 1 is 1.36 bits per heavy atom. The molecule has 0 amide bonds. The summed E-state index contributed by atoms with van der Waals surface area (Å²) >= 11 is 5.98. The Labute approximate surface area is 136 Å². The fraction of sp³-hybridized carbons (Fsp3) is 0.571. The molecule has 0 aromatic heterocycles. The highest BCUT2D eigenvalue weighted by atomic mass is 35.5. The molecule has 0 atom stereocenters. The van der Waals surface area contributed by atoms with Crippen molar-refractivity contribution in [2.75, 3.05) is 46.0 Å². The molecule has 1 fully saturated rings. The Kier molecular flexibility index (Phi) is 6.46. The second kappa shape index (κ2) is 8.12. The molecule has 1 aliphatic rings. The van der Waals surface area contributed by atoms with E-state index in [9.17, 15) is 8.42 Å². The van der Waals surface area contributed by atoms with E-state index in [2.05, 4.69) is 4.72 Å². The van der Waals surface area contributed by atoms with Crippen molar-refractivity contribution in [2.24, 2.45) is 0 Å². The predicted octanol–water partition coefficient (Wildman–Crippen LogP) is -0.0679. The quantitative estimate of drug-likeness (QED) is 0.723. The van der Waals surface area contributed by atoms with E-state index in [1.54, 1.807) is 0 Å². The van der Waals surface area contributed by atoms with Crippen LogP contribution in [0.2, 0.25) is 5.02 Å². The van der Waals surface area contributed by atoms with Crippen molar-refractivity contribution in [1.82, 2.24) is 4.72 Å². The first-order valence-electron chi connectivity index (χ1n) is 7.36. The second-order valence-electron chi connectivity index (χ2n) is 5.04. The van der Waals surface area contributed by atoms with Crippen molar-refractivity contribution in [3.05, 3.63) is 23.2 Å². The normalized spacial score (nSPS) is 16.6. The molecule has 0 saturated carbocycles. The van der Waals surface area contributed by atoms with Gasteiger partial charge < -0.3 is 14.4 Å². The molecule has 1 heterocycles. The van der Waals surface area contributed by atoms with Crippen LogP contribution >= 0.6 is 11.6 Å². The summed E-state index contributed by atoms with van der Waals surface area (Å²) in [4.78, 5) is 1.51. The fourth-order valence-corrected chi connectivity index (χ4v) is 3.49. The zero-order chi connectivity index (χ0) is 16.0. The number of rotatable bonds is 7. The van der Waals surface area contributed by atoms with Crippen molar-refractivity contribution >= 4 is 21.6 Å². The second-order valence-corrected chi connectivity index (χ2v) is 7.21. The minimum Gasteiger partial charge on any atom is -0.492 e. The molecular weight excluding hydrogens is 328 g/mol. The van der Waals surface area contributed by atoms with Crippen LogP contribution in [-0.4, -0.2) is 54.4 Å². The number of ether oxygens (including phenoxy) is 2. The summed E-state index contributed by atoms with van der Waals surface area (Å²) in [6.07, 6.45) is 0. The summed E-state index contributed by atoms with van der Waals surface area (Å²) in [5.41, 5.74) is 0.